The summed E-state index contributed by atoms with van der Waals surface area (Å²) in [4.78, 5) is 45.3. The first-order chi connectivity index (χ1) is 17.2. The Bertz CT molecular complexity index is 850. The second-order valence-electron chi connectivity index (χ2n) is 10.7. The summed E-state index contributed by atoms with van der Waals surface area (Å²) in [7, 11) is 0. The first kappa shape index (κ1) is 28.8. The molecule has 0 aliphatic carbocycles. The molecule has 0 aromatic carbocycles. The van der Waals surface area contributed by atoms with Gasteiger partial charge in [-0.3, -0.25) is 14.4 Å². The van der Waals surface area contributed by atoms with Gasteiger partial charge in [0.15, 0.2) is 0 Å². The van der Waals surface area contributed by atoms with E-state index in [0.717, 1.165) is 51.4 Å². The molecule has 3 aliphatic rings. The second kappa shape index (κ2) is 12.2. The summed E-state index contributed by atoms with van der Waals surface area (Å²) in [6.45, 7) is 14.9. The number of aliphatic hydroxyl groups is 1. The maximum atomic E-state index is 14.3. The molecule has 3 rings (SSSR count). The number of likely N-dealkylation sites (tertiary alicyclic amines) is 1. The van der Waals surface area contributed by atoms with Crippen molar-refractivity contribution in [1.29, 1.82) is 0 Å². The topological polar surface area (TPSA) is 87.1 Å². The maximum absolute atomic E-state index is 14.3. The summed E-state index contributed by atoms with van der Waals surface area (Å²) in [6.07, 6.45) is 9.88. The molecule has 2 amide bonds. The molecule has 3 saturated heterocycles. The number of rotatable bonds is 15. The van der Waals surface area contributed by atoms with Crippen LogP contribution >= 0.6 is 11.8 Å². The molecule has 8 heteroatoms. The van der Waals surface area contributed by atoms with Gasteiger partial charge in [-0.05, 0) is 46.0 Å². The van der Waals surface area contributed by atoms with Crippen molar-refractivity contribution in [2.75, 3.05) is 26.3 Å². The van der Waals surface area contributed by atoms with Crippen LogP contribution in [0.5, 0.6) is 0 Å². The average Bonchev–Trinajstić information content (AvgIpc) is 3.41. The van der Waals surface area contributed by atoms with E-state index in [0.29, 0.717) is 13.1 Å². The van der Waals surface area contributed by atoms with Gasteiger partial charge in [0.05, 0.1) is 16.6 Å². The van der Waals surface area contributed by atoms with E-state index >= 15 is 0 Å². The lowest BCUT2D eigenvalue weighted by atomic mass is 9.66. The van der Waals surface area contributed by atoms with E-state index in [2.05, 4.69) is 33.9 Å². The van der Waals surface area contributed by atoms with Crippen molar-refractivity contribution in [3.05, 3.63) is 25.3 Å². The summed E-state index contributed by atoms with van der Waals surface area (Å²) in [5.41, 5.74) is 0. The predicted octanol–water partition coefficient (Wildman–Crippen LogP) is 3.95. The lowest BCUT2D eigenvalue weighted by molar-refractivity contribution is -0.154. The molecule has 0 saturated carbocycles. The molecule has 1 N–H and O–H groups in total. The van der Waals surface area contributed by atoms with Gasteiger partial charge in [-0.2, -0.15) is 0 Å². The number of aliphatic hydroxyl groups excluding tert-OH is 1. The van der Waals surface area contributed by atoms with E-state index in [9.17, 15) is 14.4 Å². The first-order valence-electron chi connectivity index (χ1n) is 13.5. The molecule has 202 valence electrons. The summed E-state index contributed by atoms with van der Waals surface area (Å²) in [5.74, 6) is -1.60. The fourth-order valence-electron chi connectivity index (χ4n) is 6.64. The molecule has 1 spiro atoms. The maximum Gasteiger partial charge on any atom is 0.311 e. The number of fused-ring (bicyclic) bond motifs is 1. The van der Waals surface area contributed by atoms with Crippen LogP contribution in [-0.4, -0.2) is 80.6 Å². The Labute approximate surface area is 220 Å². The van der Waals surface area contributed by atoms with Crippen molar-refractivity contribution < 1.29 is 24.2 Å². The van der Waals surface area contributed by atoms with E-state index in [-0.39, 0.29) is 37.0 Å². The lowest BCUT2D eigenvalue weighted by Crippen LogP contribution is -2.56. The van der Waals surface area contributed by atoms with Gasteiger partial charge < -0.3 is 19.6 Å². The van der Waals surface area contributed by atoms with Gasteiger partial charge in [0.1, 0.15) is 12.6 Å². The number of esters is 1. The molecule has 0 radical (unpaired) electrons. The highest BCUT2D eigenvalue weighted by Crippen LogP contribution is 2.71. The monoisotopic (exact) mass is 520 g/mol. The number of carbonyl (C=O) groups excluding carboxylic acids is 3. The molecule has 3 fully saturated rings. The fraction of sp³-hybridized carbons (Fsp3) is 0.750. The highest BCUT2D eigenvalue weighted by molar-refractivity contribution is 8.02. The molecule has 6 atom stereocenters. The zero-order chi connectivity index (χ0) is 26.5. The van der Waals surface area contributed by atoms with Crippen LogP contribution in [0, 0.1) is 11.8 Å². The van der Waals surface area contributed by atoms with Crippen LogP contribution in [0.15, 0.2) is 25.3 Å². The zero-order valence-electron chi connectivity index (χ0n) is 22.2. The number of thioether (sulfide) groups is 1. The van der Waals surface area contributed by atoms with Crippen molar-refractivity contribution in [2.45, 2.75) is 93.7 Å². The summed E-state index contributed by atoms with van der Waals surface area (Å²) < 4.78 is 4.43. The van der Waals surface area contributed by atoms with Gasteiger partial charge in [0.2, 0.25) is 11.8 Å². The van der Waals surface area contributed by atoms with Gasteiger partial charge in [-0.1, -0.05) is 44.9 Å². The fourth-order valence-corrected chi connectivity index (χ4v) is 8.98. The Kier molecular flexibility index (Phi) is 9.72. The van der Waals surface area contributed by atoms with E-state index in [1.165, 1.54) is 0 Å². The first-order valence-corrected chi connectivity index (χ1v) is 14.3. The molecule has 7 nitrogen and oxygen atoms in total. The molecule has 3 unspecified atom stereocenters. The summed E-state index contributed by atoms with van der Waals surface area (Å²) >= 11 is 1.68. The normalized spacial score (nSPS) is 31.3. The third kappa shape index (κ3) is 5.13. The van der Waals surface area contributed by atoms with Crippen LogP contribution in [0.3, 0.4) is 0 Å². The molecule has 2 bridgehead atoms. The minimum absolute atomic E-state index is 0.0288. The Morgan fingerprint density at radius 1 is 1.25 bits per heavy atom. The van der Waals surface area contributed by atoms with Crippen LogP contribution in [0.1, 0.15) is 72.1 Å². The van der Waals surface area contributed by atoms with E-state index in [1.54, 1.807) is 28.8 Å². The Balaban J connectivity index is 1.98. The SMILES string of the molecule is C=CCOC(=O)[C@@H]1[C@H]2C(=O)N(CCCCCCO)C(C(=O)N(CC=C)C(C)CCC)C23CC[C@@]1(C)S3. The molecular weight excluding hydrogens is 476 g/mol. The number of carbonyl (C=O) groups is 3. The minimum Gasteiger partial charge on any atom is -0.461 e. The van der Waals surface area contributed by atoms with Crippen LogP contribution in [0.2, 0.25) is 0 Å². The number of ether oxygens (including phenoxy) is 1. The average molecular weight is 521 g/mol. The Hall–Kier alpha value is -1.80. The van der Waals surface area contributed by atoms with E-state index in [4.69, 9.17) is 9.84 Å². The lowest BCUT2D eigenvalue weighted by Gasteiger charge is -2.39. The second-order valence-corrected chi connectivity index (χ2v) is 12.6. The van der Waals surface area contributed by atoms with Crippen LogP contribution < -0.4 is 0 Å². The predicted molar refractivity (Wildman–Crippen MR) is 143 cm³/mol. The minimum atomic E-state index is -0.628. The smallest absolute Gasteiger partial charge is 0.311 e. The van der Waals surface area contributed by atoms with Crippen molar-refractivity contribution in [1.82, 2.24) is 9.80 Å². The van der Waals surface area contributed by atoms with E-state index in [1.807, 2.05) is 4.90 Å². The van der Waals surface area contributed by atoms with Gasteiger partial charge in [0.25, 0.3) is 0 Å². The number of hydrogen-bond donors (Lipinski definition) is 1. The molecule has 0 aromatic rings. The Morgan fingerprint density at radius 3 is 2.61 bits per heavy atom. The molecular formula is C28H44N2O5S. The summed E-state index contributed by atoms with van der Waals surface area (Å²) in [5, 5.41) is 9.11. The van der Waals surface area contributed by atoms with Gasteiger partial charge in [-0.25, -0.2) is 0 Å². The molecule has 3 heterocycles. The highest BCUT2D eigenvalue weighted by Gasteiger charge is 2.77. The van der Waals surface area contributed by atoms with Gasteiger partial charge >= 0.3 is 5.97 Å². The number of hydrogen-bond acceptors (Lipinski definition) is 6. The van der Waals surface area contributed by atoms with Crippen molar-refractivity contribution in [3.63, 3.8) is 0 Å². The van der Waals surface area contributed by atoms with Gasteiger partial charge in [-0.15, -0.1) is 18.3 Å². The van der Waals surface area contributed by atoms with Crippen molar-refractivity contribution in [2.24, 2.45) is 11.8 Å². The largest absolute Gasteiger partial charge is 0.461 e. The molecule has 3 aliphatic heterocycles. The van der Waals surface area contributed by atoms with Crippen LogP contribution in [0.4, 0.5) is 0 Å². The summed E-state index contributed by atoms with van der Waals surface area (Å²) in [6, 6.07) is -0.568. The van der Waals surface area contributed by atoms with E-state index < -0.39 is 27.4 Å². The quantitative estimate of drug-likeness (QED) is 0.200. The van der Waals surface area contributed by atoms with Crippen LogP contribution in [-0.2, 0) is 19.1 Å². The number of nitrogens with zero attached hydrogens (tertiary/aromatic N) is 2. The zero-order valence-corrected chi connectivity index (χ0v) is 23.1. The molecule has 0 aromatic heterocycles. The van der Waals surface area contributed by atoms with Crippen LogP contribution in [0.25, 0.3) is 0 Å². The van der Waals surface area contributed by atoms with Gasteiger partial charge in [0, 0.05) is 30.5 Å². The Morgan fingerprint density at radius 2 is 1.97 bits per heavy atom. The van der Waals surface area contributed by atoms with Crippen molar-refractivity contribution >= 4 is 29.5 Å². The third-order valence-electron chi connectivity index (χ3n) is 8.26. The number of amides is 2. The standard InChI is InChI=1S/C28H44N2O5S/c1-6-13-20(4)29(16-7-2)25(33)23-28-15-14-27(5,36-28)22(26(34)35-19-8-3)21(28)24(32)30(23)17-11-9-10-12-18-31/h7-8,20-23,31H,2-3,6,9-19H2,1,4-5H3/t20?,21-,22-,23?,27+,28?/m0/s1. The molecule has 36 heavy (non-hydrogen) atoms. The van der Waals surface area contributed by atoms with Crippen molar-refractivity contribution in [3.8, 4) is 0 Å². The third-order valence-corrected chi connectivity index (χ3v) is 10.2. The number of unbranched alkanes of at least 4 members (excludes halogenated alkanes) is 3. The highest BCUT2D eigenvalue weighted by atomic mass is 32.2.